The summed E-state index contributed by atoms with van der Waals surface area (Å²) in [5, 5.41) is 9.18. The summed E-state index contributed by atoms with van der Waals surface area (Å²) in [7, 11) is 1.85. The molecule has 6 nitrogen and oxygen atoms in total. The lowest BCUT2D eigenvalue weighted by molar-refractivity contribution is 0.0177. The zero-order valence-electron chi connectivity index (χ0n) is 16.0. The molecule has 3 heterocycles. The first kappa shape index (κ1) is 19.6. The van der Waals surface area contributed by atoms with E-state index in [2.05, 4.69) is 42.9 Å². The summed E-state index contributed by atoms with van der Waals surface area (Å²) in [5.74, 6) is 0.900. The maximum Gasteiger partial charge on any atom is 0.191 e. The number of thiophene rings is 1. The van der Waals surface area contributed by atoms with Gasteiger partial charge >= 0.3 is 0 Å². The largest absolute Gasteiger partial charge is 0.379 e. The Morgan fingerprint density at radius 3 is 2.69 bits per heavy atom. The number of morpholine rings is 1. The van der Waals surface area contributed by atoms with Gasteiger partial charge in [0.1, 0.15) is 0 Å². The molecule has 1 aromatic heterocycles. The Balaban J connectivity index is 1.46. The van der Waals surface area contributed by atoms with Gasteiger partial charge in [0.25, 0.3) is 0 Å². The summed E-state index contributed by atoms with van der Waals surface area (Å²) < 4.78 is 5.53. The summed E-state index contributed by atoms with van der Waals surface area (Å²) in [5.41, 5.74) is 0. The Labute approximate surface area is 161 Å². The number of likely N-dealkylation sites (tertiary alicyclic amines) is 1. The maximum absolute atomic E-state index is 5.53. The zero-order valence-corrected chi connectivity index (χ0v) is 16.8. The first-order valence-corrected chi connectivity index (χ1v) is 10.8. The summed E-state index contributed by atoms with van der Waals surface area (Å²) in [6, 6.07) is 4.75. The zero-order chi connectivity index (χ0) is 18.0. The smallest absolute Gasteiger partial charge is 0.191 e. The fourth-order valence-electron chi connectivity index (χ4n) is 3.71. The van der Waals surface area contributed by atoms with Crippen LogP contribution in [0.25, 0.3) is 0 Å². The number of rotatable bonds is 7. The summed E-state index contributed by atoms with van der Waals surface area (Å²) in [6.45, 7) is 9.02. The molecule has 2 aliphatic heterocycles. The van der Waals surface area contributed by atoms with Gasteiger partial charge in [-0.05, 0) is 37.4 Å². The molecule has 1 atom stereocenters. The SMILES string of the molecule is CN=C(NCCN1CCCCC1)NCC(c1cccs1)N1CCOCC1. The molecule has 0 amide bonds. The topological polar surface area (TPSA) is 52.1 Å². The average molecular weight is 380 g/mol. The molecule has 0 spiro atoms. The van der Waals surface area contributed by atoms with Gasteiger partial charge < -0.3 is 20.3 Å². The summed E-state index contributed by atoms with van der Waals surface area (Å²) >= 11 is 1.83. The lowest BCUT2D eigenvalue weighted by Gasteiger charge is -2.34. The van der Waals surface area contributed by atoms with E-state index in [4.69, 9.17) is 4.74 Å². The highest BCUT2D eigenvalue weighted by atomic mass is 32.1. The Morgan fingerprint density at radius 2 is 2.00 bits per heavy atom. The highest BCUT2D eigenvalue weighted by Crippen LogP contribution is 2.25. The van der Waals surface area contributed by atoms with Crippen molar-refractivity contribution in [1.29, 1.82) is 0 Å². The van der Waals surface area contributed by atoms with E-state index in [0.29, 0.717) is 6.04 Å². The van der Waals surface area contributed by atoms with Crippen LogP contribution >= 0.6 is 11.3 Å². The number of piperidine rings is 1. The molecule has 3 rings (SSSR count). The Hall–Kier alpha value is -1.15. The van der Waals surface area contributed by atoms with Crippen molar-refractivity contribution in [3.8, 4) is 0 Å². The minimum Gasteiger partial charge on any atom is -0.379 e. The van der Waals surface area contributed by atoms with E-state index in [-0.39, 0.29) is 0 Å². The van der Waals surface area contributed by atoms with Gasteiger partial charge in [-0.1, -0.05) is 12.5 Å². The molecule has 0 aromatic carbocycles. The van der Waals surface area contributed by atoms with Crippen molar-refractivity contribution in [2.24, 2.45) is 4.99 Å². The first-order valence-electron chi connectivity index (χ1n) is 9.89. The quantitative estimate of drug-likeness (QED) is 0.559. The number of nitrogens with zero attached hydrogens (tertiary/aromatic N) is 3. The molecule has 7 heteroatoms. The van der Waals surface area contributed by atoms with Gasteiger partial charge in [0.15, 0.2) is 5.96 Å². The third kappa shape index (κ3) is 5.94. The Kier molecular flexibility index (Phi) is 8.20. The number of hydrogen-bond donors (Lipinski definition) is 2. The predicted octanol–water partition coefficient (Wildman–Crippen LogP) is 1.77. The summed E-state index contributed by atoms with van der Waals surface area (Å²) in [6.07, 6.45) is 4.07. The first-order chi connectivity index (χ1) is 12.9. The molecular weight excluding hydrogens is 346 g/mol. The number of aliphatic imine (C=N–C) groups is 1. The second-order valence-electron chi connectivity index (χ2n) is 6.96. The highest BCUT2D eigenvalue weighted by molar-refractivity contribution is 7.10. The predicted molar refractivity (Wildman–Crippen MR) is 109 cm³/mol. The van der Waals surface area contributed by atoms with Crippen LogP contribution in [0.4, 0.5) is 0 Å². The number of guanidine groups is 1. The van der Waals surface area contributed by atoms with Gasteiger partial charge in [0.05, 0.1) is 19.3 Å². The molecule has 0 saturated carbocycles. The van der Waals surface area contributed by atoms with Gasteiger partial charge in [-0.2, -0.15) is 0 Å². The van der Waals surface area contributed by atoms with E-state index in [1.807, 2.05) is 18.4 Å². The third-order valence-electron chi connectivity index (χ3n) is 5.21. The van der Waals surface area contributed by atoms with Crippen LogP contribution in [0.1, 0.15) is 30.2 Å². The van der Waals surface area contributed by atoms with E-state index in [1.165, 1.54) is 37.2 Å². The fourth-order valence-corrected chi connectivity index (χ4v) is 4.57. The molecule has 2 N–H and O–H groups in total. The van der Waals surface area contributed by atoms with Crippen LogP contribution in [0.15, 0.2) is 22.5 Å². The molecule has 146 valence electrons. The Bertz CT molecular complexity index is 524. The van der Waals surface area contributed by atoms with Crippen LogP contribution in [0, 0.1) is 0 Å². The minimum atomic E-state index is 0.375. The fraction of sp³-hybridized carbons (Fsp3) is 0.737. The second kappa shape index (κ2) is 10.9. The normalized spacial score (nSPS) is 21.5. The van der Waals surface area contributed by atoms with E-state index >= 15 is 0 Å². The van der Waals surface area contributed by atoms with E-state index < -0.39 is 0 Å². The van der Waals surface area contributed by atoms with Crippen LogP contribution in [-0.2, 0) is 4.74 Å². The molecule has 1 aromatic rings. The molecule has 0 aliphatic carbocycles. The second-order valence-corrected chi connectivity index (χ2v) is 7.94. The van der Waals surface area contributed by atoms with E-state index in [1.54, 1.807) is 0 Å². The van der Waals surface area contributed by atoms with Gasteiger partial charge in [-0.15, -0.1) is 11.3 Å². The molecule has 26 heavy (non-hydrogen) atoms. The molecule has 2 aliphatic rings. The number of ether oxygens (including phenoxy) is 1. The van der Waals surface area contributed by atoms with E-state index in [0.717, 1.165) is 51.9 Å². The van der Waals surface area contributed by atoms with Crippen molar-refractivity contribution in [3.05, 3.63) is 22.4 Å². The standard InChI is InChI=1S/C19H33N5OS/c1-20-19(21-7-10-23-8-3-2-4-9-23)22-16-17(18-6-5-15-26-18)24-11-13-25-14-12-24/h5-6,15,17H,2-4,7-14,16H2,1H3,(H2,20,21,22). The summed E-state index contributed by atoms with van der Waals surface area (Å²) in [4.78, 5) is 10.9. The molecule has 2 fully saturated rings. The lowest BCUT2D eigenvalue weighted by Crippen LogP contribution is -2.47. The van der Waals surface area contributed by atoms with Crippen LogP contribution in [0.5, 0.6) is 0 Å². The third-order valence-corrected chi connectivity index (χ3v) is 6.19. The van der Waals surface area contributed by atoms with Crippen molar-refractivity contribution < 1.29 is 4.74 Å². The van der Waals surface area contributed by atoms with Crippen molar-refractivity contribution in [2.45, 2.75) is 25.3 Å². The van der Waals surface area contributed by atoms with Crippen molar-refractivity contribution >= 4 is 17.3 Å². The van der Waals surface area contributed by atoms with Gasteiger partial charge in [0.2, 0.25) is 0 Å². The lowest BCUT2D eigenvalue weighted by atomic mass is 10.1. The minimum absolute atomic E-state index is 0.375. The van der Waals surface area contributed by atoms with Crippen LogP contribution in [0.2, 0.25) is 0 Å². The van der Waals surface area contributed by atoms with Gasteiger partial charge in [0, 0.05) is 44.6 Å². The average Bonchev–Trinajstić information content (AvgIpc) is 3.23. The van der Waals surface area contributed by atoms with Crippen LogP contribution in [-0.4, -0.2) is 81.8 Å². The van der Waals surface area contributed by atoms with Gasteiger partial charge in [-0.3, -0.25) is 9.89 Å². The molecule has 0 bridgehead atoms. The molecule has 2 saturated heterocycles. The number of hydrogen-bond acceptors (Lipinski definition) is 5. The number of nitrogens with one attached hydrogen (secondary N) is 2. The molecule has 0 radical (unpaired) electrons. The van der Waals surface area contributed by atoms with Crippen molar-refractivity contribution in [2.75, 3.05) is 66.1 Å². The van der Waals surface area contributed by atoms with Crippen molar-refractivity contribution in [3.63, 3.8) is 0 Å². The van der Waals surface area contributed by atoms with Crippen molar-refractivity contribution in [1.82, 2.24) is 20.4 Å². The maximum atomic E-state index is 5.53. The Morgan fingerprint density at radius 1 is 1.19 bits per heavy atom. The van der Waals surface area contributed by atoms with E-state index in [9.17, 15) is 0 Å². The van der Waals surface area contributed by atoms with Gasteiger partial charge in [-0.25, -0.2) is 0 Å². The van der Waals surface area contributed by atoms with Crippen LogP contribution < -0.4 is 10.6 Å². The highest BCUT2D eigenvalue weighted by Gasteiger charge is 2.23. The monoisotopic (exact) mass is 379 g/mol. The molecule has 1 unspecified atom stereocenters. The molecular formula is C19H33N5OS. The van der Waals surface area contributed by atoms with Crippen LogP contribution in [0.3, 0.4) is 0 Å².